The summed E-state index contributed by atoms with van der Waals surface area (Å²) >= 11 is 0. The van der Waals surface area contributed by atoms with E-state index in [2.05, 4.69) is 60.6 Å². The van der Waals surface area contributed by atoms with Crippen molar-refractivity contribution in [3.8, 4) is 0 Å². The fraction of sp³-hybridized carbons (Fsp3) is 0.909. The van der Waals surface area contributed by atoms with Crippen molar-refractivity contribution >= 4 is 16.6 Å². The molecule has 4 heteroatoms. The minimum absolute atomic E-state index is 0.250. The van der Waals surface area contributed by atoms with Crippen molar-refractivity contribution in [1.29, 1.82) is 0 Å². The van der Waals surface area contributed by atoms with Gasteiger partial charge in [0.25, 0.3) is 0 Å². The molecule has 0 rings (SSSR count). The van der Waals surface area contributed by atoms with E-state index in [1.807, 2.05) is 0 Å². The minimum atomic E-state index is -1.59. The third-order valence-corrected chi connectivity index (χ3v) is 15.7. The van der Waals surface area contributed by atoms with Crippen LogP contribution in [-0.4, -0.2) is 29.3 Å². The molecule has 0 aromatic heterocycles. The quantitative estimate of drug-likeness (QED) is 0.140. The van der Waals surface area contributed by atoms with Gasteiger partial charge in [0.1, 0.15) is 0 Å². The van der Waals surface area contributed by atoms with E-state index in [0.29, 0.717) is 0 Å². The first-order valence-corrected chi connectivity index (χ1v) is 16.5. The summed E-state index contributed by atoms with van der Waals surface area (Å²) in [5, 5.41) is 0. The standard InChI is InChI=1S/C22H48O2Si2/c1-8-15-16-17-18-19-20-22(24-26(12-5,13-6)14-7)21-23-25(9-2,10-3)11-4/h18-19,22H,8-17,20-21H2,1-7H3/b19-18+/t22-/m0/s1. The number of hydrogen-bond acceptors (Lipinski definition) is 2. The topological polar surface area (TPSA) is 18.5 Å². The lowest BCUT2D eigenvalue weighted by molar-refractivity contribution is 0.114. The molecule has 0 saturated heterocycles. The summed E-state index contributed by atoms with van der Waals surface area (Å²) in [5.41, 5.74) is 0. The third-order valence-electron chi connectivity index (χ3n) is 6.40. The fourth-order valence-electron chi connectivity index (χ4n) is 3.71. The van der Waals surface area contributed by atoms with Gasteiger partial charge in [0, 0.05) is 0 Å². The molecule has 0 bridgehead atoms. The molecule has 0 amide bonds. The van der Waals surface area contributed by atoms with Crippen LogP contribution < -0.4 is 0 Å². The molecule has 0 aromatic carbocycles. The van der Waals surface area contributed by atoms with Crippen LogP contribution in [0.15, 0.2) is 12.2 Å². The monoisotopic (exact) mass is 400 g/mol. The predicted octanol–water partition coefficient (Wildman–Crippen LogP) is 7.93. The Balaban J connectivity index is 4.92. The van der Waals surface area contributed by atoms with Crippen molar-refractivity contribution in [3.05, 3.63) is 12.2 Å². The van der Waals surface area contributed by atoms with E-state index in [0.717, 1.165) is 13.0 Å². The molecule has 0 unspecified atom stereocenters. The second-order valence-electron chi connectivity index (χ2n) is 7.74. The van der Waals surface area contributed by atoms with Crippen molar-refractivity contribution in [2.24, 2.45) is 0 Å². The Labute approximate surface area is 167 Å². The molecule has 156 valence electrons. The van der Waals surface area contributed by atoms with Crippen LogP contribution in [0.1, 0.15) is 80.6 Å². The summed E-state index contributed by atoms with van der Waals surface area (Å²) < 4.78 is 13.4. The van der Waals surface area contributed by atoms with Crippen LogP contribution in [-0.2, 0) is 8.85 Å². The molecule has 0 aliphatic heterocycles. The first kappa shape index (κ1) is 26.1. The Hall–Kier alpha value is 0.0938. The SMILES string of the molecule is CCCCC/C=C/C[C@@H](CO[Si](CC)(CC)CC)O[Si](CC)(CC)CC. The molecule has 0 aliphatic carbocycles. The molecule has 0 aromatic rings. The molecule has 26 heavy (non-hydrogen) atoms. The zero-order valence-corrected chi connectivity index (χ0v) is 21.0. The minimum Gasteiger partial charge on any atom is -0.414 e. The maximum Gasteiger partial charge on any atom is 0.192 e. The Morgan fingerprint density at radius 3 is 1.69 bits per heavy atom. The van der Waals surface area contributed by atoms with Gasteiger partial charge >= 0.3 is 0 Å². The van der Waals surface area contributed by atoms with Crippen molar-refractivity contribution in [1.82, 2.24) is 0 Å². The summed E-state index contributed by atoms with van der Waals surface area (Å²) in [7, 11) is -3.13. The highest BCUT2D eigenvalue weighted by atomic mass is 28.4. The van der Waals surface area contributed by atoms with Gasteiger partial charge in [-0.2, -0.15) is 0 Å². The Morgan fingerprint density at radius 1 is 0.692 bits per heavy atom. The average molecular weight is 401 g/mol. The number of rotatable bonds is 17. The zero-order valence-electron chi connectivity index (χ0n) is 19.0. The summed E-state index contributed by atoms with van der Waals surface area (Å²) in [6, 6.07) is 7.31. The average Bonchev–Trinajstić information content (AvgIpc) is 2.69. The molecule has 0 saturated carbocycles. The van der Waals surface area contributed by atoms with Gasteiger partial charge in [-0.25, -0.2) is 0 Å². The van der Waals surface area contributed by atoms with Gasteiger partial charge < -0.3 is 8.85 Å². The van der Waals surface area contributed by atoms with E-state index >= 15 is 0 Å². The van der Waals surface area contributed by atoms with Crippen LogP contribution in [0.5, 0.6) is 0 Å². The van der Waals surface area contributed by atoms with Crippen molar-refractivity contribution in [3.63, 3.8) is 0 Å². The van der Waals surface area contributed by atoms with Crippen molar-refractivity contribution < 1.29 is 8.85 Å². The van der Waals surface area contributed by atoms with E-state index in [1.54, 1.807) is 0 Å². The lowest BCUT2D eigenvalue weighted by Crippen LogP contribution is -2.44. The molecular weight excluding hydrogens is 352 g/mol. The van der Waals surface area contributed by atoms with Crippen LogP contribution in [0.25, 0.3) is 0 Å². The van der Waals surface area contributed by atoms with Gasteiger partial charge in [-0.3, -0.25) is 0 Å². The van der Waals surface area contributed by atoms with E-state index in [1.165, 1.54) is 61.9 Å². The molecule has 0 fully saturated rings. The van der Waals surface area contributed by atoms with Gasteiger partial charge in [0.15, 0.2) is 16.6 Å². The molecule has 1 atom stereocenters. The van der Waals surface area contributed by atoms with E-state index in [9.17, 15) is 0 Å². The highest BCUT2D eigenvalue weighted by molar-refractivity contribution is 6.74. The first-order chi connectivity index (χ1) is 12.5. The maximum atomic E-state index is 6.83. The molecular formula is C22H48O2Si2. The van der Waals surface area contributed by atoms with Crippen molar-refractivity contribution in [2.45, 2.75) is 123 Å². The lowest BCUT2D eigenvalue weighted by atomic mass is 10.2. The number of unbranched alkanes of at least 4 members (excludes halogenated alkanes) is 3. The highest BCUT2D eigenvalue weighted by Crippen LogP contribution is 2.27. The van der Waals surface area contributed by atoms with E-state index in [-0.39, 0.29) is 6.10 Å². The highest BCUT2D eigenvalue weighted by Gasteiger charge is 2.34. The second-order valence-corrected chi connectivity index (χ2v) is 17.2. The summed E-state index contributed by atoms with van der Waals surface area (Å²) in [6.45, 7) is 17.0. The number of allylic oxidation sites excluding steroid dienone is 1. The predicted molar refractivity (Wildman–Crippen MR) is 123 cm³/mol. The van der Waals surface area contributed by atoms with Gasteiger partial charge in [-0.1, -0.05) is 73.5 Å². The molecule has 0 heterocycles. The molecule has 0 N–H and O–H groups in total. The molecule has 2 nitrogen and oxygen atoms in total. The third kappa shape index (κ3) is 9.34. The fourth-order valence-corrected chi connectivity index (χ4v) is 9.23. The summed E-state index contributed by atoms with van der Waals surface area (Å²) in [6.07, 6.45) is 11.1. The molecule has 0 aliphatic rings. The summed E-state index contributed by atoms with van der Waals surface area (Å²) in [4.78, 5) is 0. The Morgan fingerprint density at radius 2 is 1.23 bits per heavy atom. The van der Waals surface area contributed by atoms with E-state index < -0.39 is 16.6 Å². The van der Waals surface area contributed by atoms with Gasteiger partial charge in [0.05, 0.1) is 12.7 Å². The van der Waals surface area contributed by atoms with Crippen LogP contribution in [0.3, 0.4) is 0 Å². The zero-order chi connectivity index (χ0) is 19.9. The van der Waals surface area contributed by atoms with Crippen LogP contribution in [0.2, 0.25) is 36.3 Å². The van der Waals surface area contributed by atoms with Gasteiger partial charge in [-0.05, 0) is 55.5 Å². The van der Waals surface area contributed by atoms with Crippen LogP contribution >= 0.6 is 0 Å². The summed E-state index contributed by atoms with van der Waals surface area (Å²) in [5.74, 6) is 0. The Kier molecular flexibility index (Phi) is 15.1. The molecule has 0 spiro atoms. The largest absolute Gasteiger partial charge is 0.414 e. The Bertz CT molecular complexity index is 334. The van der Waals surface area contributed by atoms with Gasteiger partial charge in [0.2, 0.25) is 0 Å². The second kappa shape index (κ2) is 15.1. The molecule has 0 radical (unpaired) electrons. The van der Waals surface area contributed by atoms with Crippen molar-refractivity contribution in [2.75, 3.05) is 6.61 Å². The van der Waals surface area contributed by atoms with Crippen LogP contribution in [0.4, 0.5) is 0 Å². The normalized spacial score (nSPS) is 14.3. The van der Waals surface area contributed by atoms with Gasteiger partial charge in [-0.15, -0.1) is 0 Å². The first-order valence-electron chi connectivity index (χ1n) is 11.5. The van der Waals surface area contributed by atoms with E-state index in [4.69, 9.17) is 8.85 Å². The number of hydrogen-bond donors (Lipinski definition) is 0. The smallest absolute Gasteiger partial charge is 0.192 e. The lowest BCUT2D eigenvalue weighted by Gasteiger charge is -2.35. The maximum absolute atomic E-state index is 6.83. The van der Waals surface area contributed by atoms with Crippen LogP contribution in [0, 0.1) is 0 Å².